The maximum absolute atomic E-state index is 11.1. The number of nitrogens with zero attached hydrogens (tertiary/aromatic N) is 3. The maximum atomic E-state index is 11.1. The van der Waals surface area contributed by atoms with E-state index in [9.17, 15) is 4.79 Å². The predicted molar refractivity (Wildman–Crippen MR) is 84.2 cm³/mol. The molecule has 0 fully saturated rings. The number of hydrogen-bond acceptors (Lipinski definition) is 4. The molecule has 0 saturated carbocycles. The number of primary amides is 1. The lowest BCUT2D eigenvalue weighted by atomic mass is 10.1. The number of rotatable bonds is 6. The Morgan fingerprint density at radius 2 is 2.10 bits per heavy atom. The van der Waals surface area contributed by atoms with E-state index in [4.69, 9.17) is 5.73 Å². The monoisotopic (exact) mass is 287 g/mol. The van der Waals surface area contributed by atoms with Gasteiger partial charge < -0.3 is 20.5 Å². The van der Waals surface area contributed by atoms with Crippen molar-refractivity contribution in [1.29, 1.82) is 0 Å². The number of nitrogens with two attached hydrogens (primary N) is 1. The van der Waals surface area contributed by atoms with Crippen LogP contribution in [-0.4, -0.2) is 29.6 Å². The van der Waals surface area contributed by atoms with Crippen LogP contribution >= 0.6 is 0 Å². The highest BCUT2D eigenvalue weighted by Crippen LogP contribution is 2.18. The lowest BCUT2D eigenvalue weighted by molar-refractivity contribution is -0.117. The second-order valence-electron chi connectivity index (χ2n) is 5.16. The molecule has 0 atom stereocenters. The summed E-state index contributed by atoms with van der Waals surface area (Å²) in [6.45, 7) is 0.632. The topological polar surface area (TPSA) is 76.2 Å². The van der Waals surface area contributed by atoms with E-state index in [1.54, 1.807) is 0 Å². The second kappa shape index (κ2) is 6.30. The normalized spacial score (nSPS) is 10.4. The number of carbonyl (C=O) groups is 1. The molecule has 6 heteroatoms. The third-order valence-corrected chi connectivity index (χ3v) is 3.30. The van der Waals surface area contributed by atoms with Crippen LogP contribution < -0.4 is 16.0 Å². The van der Waals surface area contributed by atoms with Crippen molar-refractivity contribution in [3.05, 3.63) is 41.7 Å². The number of anilines is 2. The minimum atomic E-state index is -0.334. The molecule has 2 rings (SSSR count). The fraction of sp³-hybridized carbons (Fsp3) is 0.333. The van der Waals surface area contributed by atoms with Crippen LogP contribution in [-0.2, 0) is 24.8 Å². The van der Waals surface area contributed by atoms with Crippen LogP contribution in [0.3, 0.4) is 0 Å². The number of imidazole rings is 1. The van der Waals surface area contributed by atoms with Gasteiger partial charge in [-0.25, -0.2) is 4.98 Å². The van der Waals surface area contributed by atoms with Gasteiger partial charge in [0.05, 0.1) is 24.9 Å². The molecule has 6 nitrogen and oxygen atoms in total. The van der Waals surface area contributed by atoms with Crippen LogP contribution in [0.15, 0.2) is 30.5 Å². The summed E-state index contributed by atoms with van der Waals surface area (Å²) in [4.78, 5) is 17.4. The van der Waals surface area contributed by atoms with E-state index in [1.807, 2.05) is 61.1 Å². The largest absolute Gasteiger partial charge is 0.379 e. The molecule has 0 aliphatic rings. The molecule has 1 aromatic heterocycles. The van der Waals surface area contributed by atoms with Crippen molar-refractivity contribution in [2.75, 3.05) is 24.3 Å². The number of aromatic nitrogens is 2. The SMILES string of the molecule is CN(C)c1ncc(CNc2ccccc2CC(N)=O)n1C. The first-order valence-corrected chi connectivity index (χ1v) is 6.77. The van der Waals surface area contributed by atoms with E-state index in [0.717, 1.165) is 22.9 Å². The molecule has 0 saturated heterocycles. The van der Waals surface area contributed by atoms with Crippen molar-refractivity contribution in [1.82, 2.24) is 9.55 Å². The Morgan fingerprint density at radius 3 is 2.71 bits per heavy atom. The fourth-order valence-corrected chi connectivity index (χ4v) is 2.23. The highest BCUT2D eigenvalue weighted by Gasteiger charge is 2.09. The standard InChI is InChI=1S/C15H21N5O/c1-19(2)15-18-10-12(20(15)3)9-17-13-7-5-4-6-11(13)8-14(16)21/h4-7,10,17H,8-9H2,1-3H3,(H2,16,21). The minimum Gasteiger partial charge on any atom is -0.379 e. The quantitative estimate of drug-likeness (QED) is 0.835. The van der Waals surface area contributed by atoms with Gasteiger partial charge in [0.25, 0.3) is 0 Å². The molecule has 2 aromatic rings. The maximum Gasteiger partial charge on any atom is 0.221 e. The first-order chi connectivity index (χ1) is 9.99. The molecule has 0 radical (unpaired) electrons. The van der Waals surface area contributed by atoms with Crippen molar-refractivity contribution in [3.8, 4) is 0 Å². The molecule has 0 aliphatic carbocycles. The van der Waals surface area contributed by atoms with Gasteiger partial charge in [-0.1, -0.05) is 18.2 Å². The Balaban J connectivity index is 2.12. The summed E-state index contributed by atoms with van der Waals surface area (Å²) < 4.78 is 2.03. The van der Waals surface area contributed by atoms with Gasteiger partial charge in [-0.2, -0.15) is 0 Å². The summed E-state index contributed by atoms with van der Waals surface area (Å²) >= 11 is 0. The van der Waals surface area contributed by atoms with E-state index in [-0.39, 0.29) is 12.3 Å². The Kier molecular flexibility index (Phi) is 4.47. The zero-order valence-corrected chi connectivity index (χ0v) is 12.6. The van der Waals surface area contributed by atoms with E-state index in [0.29, 0.717) is 6.54 Å². The van der Waals surface area contributed by atoms with Crippen molar-refractivity contribution in [2.45, 2.75) is 13.0 Å². The average molecular weight is 287 g/mol. The van der Waals surface area contributed by atoms with Gasteiger partial charge in [0.1, 0.15) is 0 Å². The van der Waals surface area contributed by atoms with Gasteiger partial charge in [0.15, 0.2) is 0 Å². The predicted octanol–water partition coefficient (Wildman–Crippen LogP) is 1.13. The van der Waals surface area contributed by atoms with Crippen molar-refractivity contribution in [3.63, 3.8) is 0 Å². The lowest BCUT2D eigenvalue weighted by Gasteiger charge is -2.14. The van der Waals surface area contributed by atoms with E-state index in [2.05, 4.69) is 10.3 Å². The first kappa shape index (κ1) is 14.9. The first-order valence-electron chi connectivity index (χ1n) is 6.77. The van der Waals surface area contributed by atoms with Gasteiger partial charge in [-0.15, -0.1) is 0 Å². The Morgan fingerprint density at radius 1 is 1.38 bits per heavy atom. The number of nitrogens with one attached hydrogen (secondary N) is 1. The number of amides is 1. The smallest absolute Gasteiger partial charge is 0.221 e. The highest BCUT2D eigenvalue weighted by molar-refractivity contribution is 5.78. The van der Waals surface area contributed by atoms with E-state index < -0.39 is 0 Å². The number of carbonyl (C=O) groups excluding carboxylic acids is 1. The minimum absolute atomic E-state index is 0.234. The molecule has 0 bridgehead atoms. The molecule has 112 valence electrons. The summed E-state index contributed by atoms with van der Waals surface area (Å²) in [5.41, 5.74) is 8.16. The van der Waals surface area contributed by atoms with Crippen LogP contribution in [0.4, 0.5) is 11.6 Å². The molecular formula is C15H21N5O. The van der Waals surface area contributed by atoms with Crippen molar-refractivity contribution >= 4 is 17.5 Å². The second-order valence-corrected chi connectivity index (χ2v) is 5.16. The third-order valence-electron chi connectivity index (χ3n) is 3.30. The summed E-state index contributed by atoms with van der Waals surface area (Å²) in [7, 11) is 5.90. The summed E-state index contributed by atoms with van der Waals surface area (Å²) in [5, 5.41) is 3.34. The molecule has 0 unspecified atom stereocenters. The number of benzene rings is 1. The Hall–Kier alpha value is -2.50. The van der Waals surface area contributed by atoms with Crippen LogP contribution in [0.5, 0.6) is 0 Å². The molecule has 1 aromatic carbocycles. The fourth-order valence-electron chi connectivity index (χ4n) is 2.23. The number of hydrogen-bond donors (Lipinski definition) is 2. The molecule has 1 amide bonds. The molecule has 3 N–H and O–H groups in total. The lowest BCUT2D eigenvalue weighted by Crippen LogP contribution is -2.16. The Bertz CT molecular complexity index is 633. The summed E-state index contributed by atoms with van der Waals surface area (Å²) in [5.74, 6) is 0.567. The molecule has 1 heterocycles. The van der Waals surface area contributed by atoms with Gasteiger partial charge in [0, 0.05) is 26.8 Å². The van der Waals surface area contributed by atoms with Crippen LogP contribution in [0.25, 0.3) is 0 Å². The average Bonchev–Trinajstić information content (AvgIpc) is 2.78. The zero-order chi connectivity index (χ0) is 15.4. The molecule has 0 aliphatic heterocycles. The van der Waals surface area contributed by atoms with Gasteiger partial charge in [0.2, 0.25) is 11.9 Å². The van der Waals surface area contributed by atoms with Crippen molar-refractivity contribution < 1.29 is 4.79 Å². The van der Waals surface area contributed by atoms with Gasteiger partial charge in [-0.05, 0) is 11.6 Å². The van der Waals surface area contributed by atoms with Crippen LogP contribution in [0.2, 0.25) is 0 Å². The number of para-hydroxylation sites is 1. The van der Waals surface area contributed by atoms with Crippen molar-refractivity contribution in [2.24, 2.45) is 12.8 Å². The molecular weight excluding hydrogens is 266 g/mol. The Labute approximate surface area is 124 Å². The van der Waals surface area contributed by atoms with Gasteiger partial charge >= 0.3 is 0 Å². The molecule has 0 spiro atoms. The van der Waals surface area contributed by atoms with Crippen LogP contribution in [0.1, 0.15) is 11.3 Å². The van der Waals surface area contributed by atoms with Crippen LogP contribution in [0, 0.1) is 0 Å². The van der Waals surface area contributed by atoms with E-state index >= 15 is 0 Å². The summed E-state index contributed by atoms with van der Waals surface area (Å²) in [6.07, 6.45) is 2.08. The zero-order valence-electron chi connectivity index (χ0n) is 12.6. The third kappa shape index (κ3) is 3.53. The van der Waals surface area contributed by atoms with Gasteiger partial charge in [-0.3, -0.25) is 4.79 Å². The highest BCUT2D eigenvalue weighted by atomic mass is 16.1. The molecule has 21 heavy (non-hydrogen) atoms. The summed E-state index contributed by atoms with van der Waals surface area (Å²) in [6, 6.07) is 7.68. The van der Waals surface area contributed by atoms with E-state index in [1.165, 1.54) is 0 Å².